The van der Waals surface area contributed by atoms with E-state index in [0.29, 0.717) is 24.9 Å². The first kappa shape index (κ1) is 20.3. The Bertz CT molecular complexity index is 713. The van der Waals surface area contributed by atoms with Crippen LogP contribution in [0, 0.1) is 6.92 Å². The second kappa shape index (κ2) is 9.59. The summed E-state index contributed by atoms with van der Waals surface area (Å²) in [6.07, 6.45) is 4.15. The lowest BCUT2D eigenvalue weighted by Gasteiger charge is -2.23. The van der Waals surface area contributed by atoms with Gasteiger partial charge in [-0.25, -0.2) is 0 Å². The number of hydrogen-bond donors (Lipinski definition) is 1. The van der Waals surface area contributed by atoms with Gasteiger partial charge >= 0.3 is 0 Å². The smallest absolute Gasteiger partial charge is 0.274 e. The van der Waals surface area contributed by atoms with Crippen molar-refractivity contribution in [3.8, 4) is 5.75 Å². The Morgan fingerprint density at radius 1 is 1.42 bits per heavy atom. The van der Waals surface area contributed by atoms with Gasteiger partial charge < -0.3 is 15.0 Å². The SMILES string of the molecule is Cc1cccc(OCCN(C)C(=O)c2ccn(C3CCCNC3)n2)c1.Cl. The number of nitrogens with one attached hydrogen (secondary N) is 1. The van der Waals surface area contributed by atoms with Crippen molar-refractivity contribution in [3.63, 3.8) is 0 Å². The number of hydrogen-bond acceptors (Lipinski definition) is 4. The van der Waals surface area contributed by atoms with Crippen LogP contribution in [-0.4, -0.2) is 53.9 Å². The predicted octanol–water partition coefficient (Wildman–Crippen LogP) is 2.69. The molecule has 3 rings (SSSR count). The fraction of sp³-hybridized carbons (Fsp3) is 0.474. The Hall–Kier alpha value is -2.05. The van der Waals surface area contributed by atoms with Crippen molar-refractivity contribution in [2.24, 2.45) is 0 Å². The molecule has 1 aromatic heterocycles. The fourth-order valence-corrected chi connectivity index (χ4v) is 3.02. The number of piperidine rings is 1. The quantitative estimate of drug-likeness (QED) is 0.839. The van der Waals surface area contributed by atoms with E-state index < -0.39 is 0 Å². The van der Waals surface area contributed by atoms with Crippen molar-refractivity contribution in [3.05, 3.63) is 47.8 Å². The van der Waals surface area contributed by atoms with Crippen molar-refractivity contribution in [1.82, 2.24) is 20.0 Å². The molecule has 0 saturated carbocycles. The Kier molecular flexibility index (Phi) is 7.48. The van der Waals surface area contributed by atoms with Crippen molar-refractivity contribution in [2.75, 3.05) is 33.3 Å². The number of likely N-dealkylation sites (N-methyl/N-ethyl adjacent to an activating group) is 1. The normalized spacial score (nSPS) is 16.6. The Morgan fingerprint density at radius 3 is 3.00 bits per heavy atom. The number of benzene rings is 1. The average molecular weight is 379 g/mol. The molecule has 2 heterocycles. The van der Waals surface area contributed by atoms with Gasteiger partial charge in [0.25, 0.3) is 5.91 Å². The van der Waals surface area contributed by atoms with Gasteiger partial charge in [0, 0.05) is 19.8 Å². The van der Waals surface area contributed by atoms with Crippen LogP contribution in [0.5, 0.6) is 5.75 Å². The molecule has 6 nitrogen and oxygen atoms in total. The summed E-state index contributed by atoms with van der Waals surface area (Å²) in [6, 6.07) is 10.0. The maximum atomic E-state index is 12.5. The monoisotopic (exact) mass is 378 g/mol. The lowest BCUT2D eigenvalue weighted by atomic mass is 10.1. The number of aromatic nitrogens is 2. The van der Waals surface area contributed by atoms with Gasteiger partial charge in [0.1, 0.15) is 18.1 Å². The molecule has 26 heavy (non-hydrogen) atoms. The second-order valence-electron chi connectivity index (χ2n) is 6.57. The van der Waals surface area contributed by atoms with Gasteiger partial charge in [-0.1, -0.05) is 12.1 Å². The molecule has 142 valence electrons. The maximum absolute atomic E-state index is 12.5. The van der Waals surface area contributed by atoms with Crippen LogP contribution in [0.25, 0.3) is 0 Å². The highest BCUT2D eigenvalue weighted by Crippen LogP contribution is 2.16. The Balaban J connectivity index is 0.00000243. The number of rotatable bonds is 6. The molecule has 1 atom stereocenters. The number of ether oxygens (including phenoxy) is 1. The summed E-state index contributed by atoms with van der Waals surface area (Å²) in [7, 11) is 1.78. The first-order valence-corrected chi connectivity index (χ1v) is 8.84. The van der Waals surface area contributed by atoms with E-state index in [2.05, 4.69) is 10.4 Å². The molecular weight excluding hydrogens is 352 g/mol. The van der Waals surface area contributed by atoms with Crippen molar-refractivity contribution < 1.29 is 9.53 Å². The van der Waals surface area contributed by atoms with E-state index in [9.17, 15) is 4.79 Å². The standard InChI is InChI=1S/C19H26N4O2.ClH/c1-15-5-3-7-17(13-15)25-12-11-22(2)19(24)18-8-10-23(21-18)16-6-4-9-20-14-16;/h3,5,7-8,10,13,16,20H,4,6,9,11-12,14H2,1-2H3;1H. The summed E-state index contributed by atoms with van der Waals surface area (Å²) in [5.41, 5.74) is 1.65. The molecule has 7 heteroatoms. The summed E-state index contributed by atoms with van der Waals surface area (Å²) in [4.78, 5) is 14.2. The molecule has 1 aromatic carbocycles. The molecule has 2 aromatic rings. The lowest BCUT2D eigenvalue weighted by molar-refractivity contribution is 0.0766. The molecule has 1 amide bonds. The number of nitrogens with zero attached hydrogens (tertiary/aromatic N) is 3. The highest BCUT2D eigenvalue weighted by molar-refractivity contribution is 5.92. The molecule has 1 aliphatic rings. The van der Waals surface area contributed by atoms with E-state index >= 15 is 0 Å². The highest BCUT2D eigenvalue weighted by Gasteiger charge is 2.19. The molecule has 0 radical (unpaired) electrons. The van der Waals surface area contributed by atoms with E-state index in [0.717, 1.165) is 37.2 Å². The topological polar surface area (TPSA) is 59.4 Å². The van der Waals surface area contributed by atoms with Crippen LogP contribution in [0.15, 0.2) is 36.5 Å². The lowest BCUT2D eigenvalue weighted by Crippen LogP contribution is -2.33. The Morgan fingerprint density at radius 2 is 2.27 bits per heavy atom. The fourth-order valence-electron chi connectivity index (χ4n) is 3.02. The van der Waals surface area contributed by atoms with Gasteiger partial charge in [0.15, 0.2) is 0 Å². The molecule has 0 aliphatic carbocycles. The summed E-state index contributed by atoms with van der Waals surface area (Å²) < 4.78 is 7.63. The number of halogens is 1. The first-order valence-electron chi connectivity index (χ1n) is 8.84. The maximum Gasteiger partial charge on any atom is 0.274 e. The predicted molar refractivity (Wildman–Crippen MR) is 104 cm³/mol. The number of amides is 1. The van der Waals surface area contributed by atoms with Crippen LogP contribution in [0.3, 0.4) is 0 Å². The summed E-state index contributed by atoms with van der Waals surface area (Å²) in [5, 5.41) is 7.85. The van der Waals surface area contributed by atoms with Gasteiger partial charge in [-0.05, 0) is 50.1 Å². The number of carbonyl (C=O) groups is 1. The van der Waals surface area contributed by atoms with Gasteiger partial charge in [-0.2, -0.15) is 5.10 Å². The zero-order valence-electron chi connectivity index (χ0n) is 15.4. The van der Waals surface area contributed by atoms with Crippen LogP contribution in [0.2, 0.25) is 0 Å². The third kappa shape index (κ3) is 5.22. The molecule has 1 fully saturated rings. The van der Waals surface area contributed by atoms with E-state index in [1.807, 2.05) is 42.1 Å². The van der Waals surface area contributed by atoms with E-state index in [4.69, 9.17) is 4.74 Å². The Labute approximate surface area is 160 Å². The first-order chi connectivity index (χ1) is 12.1. The van der Waals surface area contributed by atoms with Crippen LogP contribution in [0.4, 0.5) is 0 Å². The minimum absolute atomic E-state index is 0. The molecular formula is C19H27ClN4O2. The molecule has 1 aliphatic heterocycles. The van der Waals surface area contributed by atoms with Crippen LogP contribution in [-0.2, 0) is 0 Å². The zero-order valence-corrected chi connectivity index (χ0v) is 16.2. The second-order valence-corrected chi connectivity index (χ2v) is 6.57. The van der Waals surface area contributed by atoms with Crippen LogP contribution >= 0.6 is 12.4 Å². The van der Waals surface area contributed by atoms with Crippen LogP contribution < -0.4 is 10.1 Å². The molecule has 0 bridgehead atoms. The minimum Gasteiger partial charge on any atom is -0.492 e. The molecule has 1 unspecified atom stereocenters. The van der Waals surface area contributed by atoms with Gasteiger partial charge in [0.05, 0.1) is 12.6 Å². The largest absolute Gasteiger partial charge is 0.492 e. The van der Waals surface area contributed by atoms with Crippen molar-refractivity contribution in [1.29, 1.82) is 0 Å². The molecule has 1 saturated heterocycles. The van der Waals surface area contributed by atoms with E-state index in [1.54, 1.807) is 18.0 Å². The summed E-state index contributed by atoms with van der Waals surface area (Å²) in [6.45, 7) is 4.98. The third-order valence-corrected chi connectivity index (χ3v) is 4.50. The summed E-state index contributed by atoms with van der Waals surface area (Å²) in [5.74, 6) is 0.755. The van der Waals surface area contributed by atoms with Crippen LogP contribution in [0.1, 0.15) is 34.9 Å². The van der Waals surface area contributed by atoms with Crippen molar-refractivity contribution in [2.45, 2.75) is 25.8 Å². The van der Waals surface area contributed by atoms with E-state index in [1.165, 1.54) is 0 Å². The number of carbonyl (C=O) groups excluding carboxylic acids is 1. The number of aryl methyl sites for hydroxylation is 1. The van der Waals surface area contributed by atoms with Gasteiger partial charge in [0.2, 0.25) is 0 Å². The summed E-state index contributed by atoms with van der Waals surface area (Å²) >= 11 is 0. The van der Waals surface area contributed by atoms with Gasteiger partial charge in [-0.15, -0.1) is 12.4 Å². The highest BCUT2D eigenvalue weighted by atomic mass is 35.5. The zero-order chi connectivity index (χ0) is 17.6. The van der Waals surface area contributed by atoms with Gasteiger partial charge in [-0.3, -0.25) is 9.48 Å². The molecule has 0 spiro atoms. The van der Waals surface area contributed by atoms with E-state index in [-0.39, 0.29) is 18.3 Å². The molecule has 1 N–H and O–H groups in total. The minimum atomic E-state index is -0.0737. The third-order valence-electron chi connectivity index (χ3n) is 4.50. The van der Waals surface area contributed by atoms with Crippen molar-refractivity contribution >= 4 is 18.3 Å². The average Bonchev–Trinajstić information content (AvgIpc) is 3.12.